The van der Waals surface area contributed by atoms with Crippen molar-refractivity contribution in [1.82, 2.24) is 10.1 Å². The molecule has 95 valence electrons. The number of imide groups is 1. The SMILES string of the molecule is O=C1CCC(CN2[B]c3ccccc3C2=O)C(=O)N1. The van der Waals surface area contributed by atoms with Gasteiger partial charge in [0.2, 0.25) is 17.7 Å². The van der Waals surface area contributed by atoms with Crippen molar-refractivity contribution in [1.29, 1.82) is 0 Å². The first-order valence-electron chi connectivity index (χ1n) is 6.24. The molecule has 1 fully saturated rings. The van der Waals surface area contributed by atoms with Crippen molar-refractivity contribution in [3.63, 3.8) is 0 Å². The van der Waals surface area contributed by atoms with Crippen LogP contribution >= 0.6 is 0 Å². The van der Waals surface area contributed by atoms with Crippen molar-refractivity contribution < 1.29 is 14.4 Å². The molecular formula is C13H12BN2O3. The summed E-state index contributed by atoms with van der Waals surface area (Å²) in [4.78, 5) is 36.5. The summed E-state index contributed by atoms with van der Waals surface area (Å²) in [6.07, 6.45) is 0.837. The van der Waals surface area contributed by atoms with E-state index >= 15 is 0 Å². The number of amides is 3. The van der Waals surface area contributed by atoms with Gasteiger partial charge in [0, 0.05) is 18.5 Å². The van der Waals surface area contributed by atoms with Crippen LogP contribution in [-0.4, -0.2) is 36.5 Å². The summed E-state index contributed by atoms with van der Waals surface area (Å²) >= 11 is 0. The lowest BCUT2D eigenvalue weighted by Crippen LogP contribution is -2.46. The molecule has 1 atom stereocenters. The second-order valence-corrected chi connectivity index (χ2v) is 4.82. The zero-order valence-corrected chi connectivity index (χ0v) is 10.3. The maximum Gasteiger partial charge on any atom is 0.289 e. The van der Waals surface area contributed by atoms with Crippen LogP contribution in [0.1, 0.15) is 23.2 Å². The predicted octanol–water partition coefficient (Wildman–Crippen LogP) is -0.560. The summed E-state index contributed by atoms with van der Waals surface area (Å²) in [5.41, 5.74) is 1.54. The number of nitrogens with one attached hydrogen (secondary N) is 1. The van der Waals surface area contributed by atoms with Crippen LogP contribution in [0, 0.1) is 5.92 Å². The number of carbonyl (C=O) groups excluding carboxylic acids is 3. The highest BCUT2D eigenvalue weighted by Crippen LogP contribution is 2.17. The molecule has 1 N–H and O–H groups in total. The Morgan fingerprint density at radius 1 is 1.26 bits per heavy atom. The third-order valence-electron chi connectivity index (χ3n) is 3.52. The molecule has 1 saturated heterocycles. The highest BCUT2D eigenvalue weighted by atomic mass is 16.2. The van der Waals surface area contributed by atoms with Gasteiger partial charge in [0.25, 0.3) is 7.41 Å². The van der Waals surface area contributed by atoms with Gasteiger partial charge in [-0.1, -0.05) is 18.2 Å². The molecule has 3 amide bonds. The molecule has 6 heteroatoms. The maximum atomic E-state index is 12.1. The number of hydrogen-bond acceptors (Lipinski definition) is 3. The standard InChI is InChI=1S/C13H12BN2O3/c17-11-6-5-8(12(18)15-11)7-16-13(19)9-3-1-2-4-10(9)14-16/h1-4,8H,5-7H2,(H,15,17,18). The molecule has 2 aliphatic rings. The third-order valence-corrected chi connectivity index (χ3v) is 3.52. The third kappa shape index (κ3) is 2.14. The number of rotatable bonds is 2. The van der Waals surface area contributed by atoms with Crippen molar-refractivity contribution in [3.05, 3.63) is 29.8 Å². The Morgan fingerprint density at radius 3 is 2.79 bits per heavy atom. The molecule has 1 unspecified atom stereocenters. The Morgan fingerprint density at radius 2 is 2.05 bits per heavy atom. The lowest BCUT2D eigenvalue weighted by atomic mass is 9.82. The fourth-order valence-electron chi connectivity index (χ4n) is 2.47. The Labute approximate surface area is 111 Å². The smallest absolute Gasteiger partial charge is 0.289 e. The molecule has 0 aromatic heterocycles. The molecular weight excluding hydrogens is 243 g/mol. The molecule has 1 aromatic carbocycles. The van der Waals surface area contributed by atoms with E-state index < -0.39 is 0 Å². The number of piperidine rings is 1. The van der Waals surface area contributed by atoms with Gasteiger partial charge in [-0.05, 0) is 17.9 Å². The number of nitrogens with zero attached hydrogens (tertiary/aromatic N) is 1. The summed E-state index contributed by atoms with van der Waals surface area (Å²) in [6.45, 7) is 0.326. The lowest BCUT2D eigenvalue weighted by Gasteiger charge is -2.25. The van der Waals surface area contributed by atoms with E-state index in [-0.39, 0.29) is 23.6 Å². The van der Waals surface area contributed by atoms with Gasteiger partial charge >= 0.3 is 0 Å². The first-order chi connectivity index (χ1) is 9.15. The van der Waals surface area contributed by atoms with Crippen LogP contribution in [0.3, 0.4) is 0 Å². The summed E-state index contributed by atoms with van der Waals surface area (Å²) in [5, 5.41) is 2.31. The van der Waals surface area contributed by atoms with E-state index in [2.05, 4.69) is 5.32 Å². The summed E-state index contributed by atoms with van der Waals surface area (Å²) in [5.74, 6) is -0.915. The number of fused-ring (bicyclic) bond motifs is 1. The van der Waals surface area contributed by atoms with Crippen LogP contribution in [0.4, 0.5) is 0 Å². The van der Waals surface area contributed by atoms with Gasteiger partial charge < -0.3 is 4.81 Å². The molecule has 19 heavy (non-hydrogen) atoms. The molecule has 3 rings (SSSR count). The quantitative estimate of drug-likeness (QED) is 0.569. The molecule has 5 nitrogen and oxygen atoms in total. The molecule has 0 spiro atoms. The van der Waals surface area contributed by atoms with E-state index in [1.54, 1.807) is 18.3 Å². The van der Waals surface area contributed by atoms with Gasteiger partial charge in [-0.2, -0.15) is 0 Å². The van der Waals surface area contributed by atoms with E-state index in [9.17, 15) is 14.4 Å². The summed E-state index contributed by atoms with van der Waals surface area (Å²) in [7, 11) is 1.77. The van der Waals surface area contributed by atoms with Gasteiger partial charge in [-0.25, -0.2) is 0 Å². The summed E-state index contributed by atoms with van der Waals surface area (Å²) in [6, 6.07) is 7.34. The van der Waals surface area contributed by atoms with Crippen molar-refractivity contribution in [2.75, 3.05) is 6.54 Å². The van der Waals surface area contributed by atoms with Crippen molar-refractivity contribution in [3.8, 4) is 0 Å². The largest absolute Gasteiger partial charge is 0.381 e. The van der Waals surface area contributed by atoms with E-state index in [1.807, 2.05) is 18.2 Å². The minimum atomic E-state index is -0.313. The van der Waals surface area contributed by atoms with Crippen molar-refractivity contribution >= 4 is 30.6 Å². The molecule has 0 saturated carbocycles. The molecule has 1 aromatic rings. The first kappa shape index (κ1) is 12.0. The van der Waals surface area contributed by atoms with Crippen molar-refractivity contribution in [2.45, 2.75) is 12.8 Å². The fourth-order valence-corrected chi connectivity index (χ4v) is 2.47. The Kier molecular flexibility index (Phi) is 2.85. The molecule has 0 bridgehead atoms. The fraction of sp³-hybridized carbons (Fsp3) is 0.308. The normalized spacial score (nSPS) is 22.0. The van der Waals surface area contributed by atoms with Crippen LogP contribution in [0.15, 0.2) is 24.3 Å². The second kappa shape index (κ2) is 4.53. The molecule has 1 radical (unpaired) electrons. The molecule has 2 heterocycles. The van der Waals surface area contributed by atoms with E-state index in [0.29, 0.717) is 24.9 Å². The highest BCUT2D eigenvalue weighted by Gasteiger charge is 2.34. The average Bonchev–Trinajstić information content (AvgIpc) is 2.70. The van der Waals surface area contributed by atoms with Crippen LogP contribution in [0.25, 0.3) is 0 Å². The first-order valence-corrected chi connectivity index (χ1v) is 6.24. The summed E-state index contributed by atoms with van der Waals surface area (Å²) < 4.78 is 0. The number of hydrogen-bond donors (Lipinski definition) is 1. The predicted molar refractivity (Wildman–Crippen MR) is 68.7 cm³/mol. The van der Waals surface area contributed by atoms with E-state index in [1.165, 1.54) is 0 Å². The number of carbonyl (C=O) groups is 3. The van der Waals surface area contributed by atoms with Gasteiger partial charge in [0.1, 0.15) is 0 Å². The minimum absolute atomic E-state index is 0.0831. The zero-order chi connectivity index (χ0) is 13.4. The van der Waals surface area contributed by atoms with Crippen molar-refractivity contribution in [2.24, 2.45) is 5.92 Å². The average molecular weight is 255 g/mol. The van der Waals surface area contributed by atoms with Gasteiger partial charge in [0.05, 0.1) is 5.92 Å². The van der Waals surface area contributed by atoms with Gasteiger partial charge in [-0.3, -0.25) is 19.7 Å². The Bertz CT molecular complexity index is 573. The monoisotopic (exact) mass is 255 g/mol. The minimum Gasteiger partial charge on any atom is -0.381 e. The highest BCUT2D eigenvalue weighted by molar-refractivity contribution is 6.60. The topological polar surface area (TPSA) is 66.5 Å². The van der Waals surface area contributed by atoms with Gasteiger partial charge in [0.15, 0.2) is 0 Å². The maximum absolute atomic E-state index is 12.1. The van der Waals surface area contributed by atoms with Crippen LogP contribution in [-0.2, 0) is 9.59 Å². The molecule has 0 aliphatic carbocycles. The van der Waals surface area contributed by atoms with Gasteiger partial charge in [-0.15, -0.1) is 0 Å². The molecule has 2 aliphatic heterocycles. The zero-order valence-electron chi connectivity index (χ0n) is 10.3. The van der Waals surface area contributed by atoms with E-state index in [0.717, 1.165) is 5.46 Å². The van der Waals surface area contributed by atoms with E-state index in [4.69, 9.17) is 0 Å². The Balaban J connectivity index is 1.71. The second-order valence-electron chi connectivity index (χ2n) is 4.82. The number of benzene rings is 1. The Hall–Kier alpha value is -2.11. The lowest BCUT2D eigenvalue weighted by molar-refractivity contribution is -0.136. The van der Waals surface area contributed by atoms with Crippen LogP contribution < -0.4 is 10.8 Å². The van der Waals surface area contributed by atoms with Crippen LogP contribution in [0.2, 0.25) is 0 Å². The van der Waals surface area contributed by atoms with Crippen LogP contribution in [0.5, 0.6) is 0 Å².